The van der Waals surface area contributed by atoms with Gasteiger partial charge in [-0.3, -0.25) is 14.3 Å². The molecular formula is C19H22ClN3O6S. The van der Waals surface area contributed by atoms with Crippen LogP contribution in [0.4, 0.5) is 11.4 Å². The molecule has 30 heavy (non-hydrogen) atoms. The molecule has 2 rings (SSSR count). The highest BCUT2D eigenvalue weighted by Gasteiger charge is 2.17. The molecule has 0 saturated carbocycles. The lowest BCUT2D eigenvalue weighted by Gasteiger charge is -2.13. The molecule has 0 aliphatic heterocycles. The van der Waals surface area contributed by atoms with Crippen molar-refractivity contribution in [3.63, 3.8) is 0 Å². The number of ether oxygens (including phenoxy) is 2. The van der Waals surface area contributed by atoms with Crippen molar-refractivity contribution >= 4 is 44.8 Å². The number of hydrogen-bond acceptors (Lipinski definition) is 6. The van der Waals surface area contributed by atoms with Crippen LogP contribution in [0.15, 0.2) is 36.4 Å². The van der Waals surface area contributed by atoms with E-state index in [2.05, 4.69) is 10.0 Å². The Bertz CT molecular complexity index is 1030. The second-order valence-electron chi connectivity index (χ2n) is 6.20. The van der Waals surface area contributed by atoms with Crippen LogP contribution in [-0.4, -0.2) is 39.7 Å². The average Bonchev–Trinajstić information content (AvgIpc) is 2.67. The van der Waals surface area contributed by atoms with Crippen molar-refractivity contribution in [2.24, 2.45) is 5.73 Å². The van der Waals surface area contributed by atoms with Gasteiger partial charge in [-0.2, -0.15) is 0 Å². The Morgan fingerprint density at radius 1 is 1.13 bits per heavy atom. The van der Waals surface area contributed by atoms with Gasteiger partial charge in [-0.15, -0.1) is 0 Å². The van der Waals surface area contributed by atoms with Gasteiger partial charge in [0.1, 0.15) is 0 Å². The number of primary amides is 1. The number of methoxy groups -OCH3 is 1. The molecule has 0 aromatic heterocycles. The number of rotatable bonds is 10. The van der Waals surface area contributed by atoms with E-state index in [1.54, 1.807) is 19.1 Å². The van der Waals surface area contributed by atoms with Gasteiger partial charge in [-0.05, 0) is 42.8 Å². The molecule has 0 fully saturated rings. The number of carbonyl (C=O) groups is 2. The molecule has 4 N–H and O–H groups in total. The lowest BCUT2D eigenvalue weighted by Crippen LogP contribution is -2.20. The van der Waals surface area contributed by atoms with Gasteiger partial charge in [0.05, 0.1) is 17.9 Å². The number of nitrogens with one attached hydrogen (secondary N) is 2. The van der Waals surface area contributed by atoms with Crippen LogP contribution in [0.25, 0.3) is 0 Å². The minimum atomic E-state index is -3.40. The molecule has 0 saturated heterocycles. The van der Waals surface area contributed by atoms with Crippen molar-refractivity contribution in [1.82, 2.24) is 0 Å². The Balaban J connectivity index is 2.14. The summed E-state index contributed by atoms with van der Waals surface area (Å²) in [6, 6.07) is 8.97. The quantitative estimate of drug-likeness (QED) is 0.503. The van der Waals surface area contributed by atoms with Gasteiger partial charge >= 0.3 is 0 Å². The third-order valence-electron chi connectivity index (χ3n) is 3.74. The summed E-state index contributed by atoms with van der Waals surface area (Å²) >= 11 is 6.15. The summed E-state index contributed by atoms with van der Waals surface area (Å²) in [5, 5.41) is 2.75. The monoisotopic (exact) mass is 455 g/mol. The highest BCUT2D eigenvalue weighted by atomic mass is 35.5. The highest BCUT2D eigenvalue weighted by molar-refractivity contribution is 7.92. The number of amides is 2. The first-order valence-electron chi connectivity index (χ1n) is 8.85. The summed E-state index contributed by atoms with van der Waals surface area (Å²) in [6.45, 7) is 1.38. The lowest BCUT2D eigenvalue weighted by atomic mass is 10.1. The molecule has 2 aromatic rings. The minimum absolute atomic E-state index is 0.0211. The van der Waals surface area contributed by atoms with Crippen LogP contribution in [0, 0.1) is 0 Å². The van der Waals surface area contributed by atoms with E-state index in [9.17, 15) is 18.0 Å². The molecule has 162 valence electrons. The predicted molar refractivity (Wildman–Crippen MR) is 115 cm³/mol. The van der Waals surface area contributed by atoms with Gasteiger partial charge in [0.2, 0.25) is 10.0 Å². The molecule has 0 unspecified atom stereocenters. The summed E-state index contributed by atoms with van der Waals surface area (Å²) in [4.78, 5) is 23.5. The minimum Gasteiger partial charge on any atom is -0.493 e. The van der Waals surface area contributed by atoms with Crippen LogP contribution in [-0.2, 0) is 14.8 Å². The normalized spacial score (nSPS) is 10.9. The molecule has 0 spiro atoms. The zero-order valence-corrected chi connectivity index (χ0v) is 18.0. The third kappa shape index (κ3) is 6.53. The summed E-state index contributed by atoms with van der Waals surface area (Å²) in [7, 11) is -2.03. The van der Waals surface area contributed by atoms with Crippen LogP contribution in [0.3, 0.4) is 0 Å². The Morgan fingerprint density at radius 3 is 2.33 bits per heavy atom. The first-order chi connectivity index (χ1) is 14.1. The molecule has 9 nitrogen and oxygen atoms in total. The van der Waals surface area contributed by atoms with Crippen molar-refractivity contribution < 1.29 is 27.5 Å². The third-order valence-corrected chi connectivity index (χ3v) is 5.51. The number of halogens is 1. The van der Waals surface area contributed by atoms with E-state index in [4.69, 9.17) is 26.8 Å². The van der Waals surface area contributed by atoms with Crippen molar-refractivity contribution in [1.29, 1.82) is 0 Å². The average molecular weight is 456 g/mol. The Kier molecular flexibility index (Phi) is 7.90. The van der Waals surface area contributed by atoms with Gasteiger partial charge < -0.3 is 20.5 Å². The Hall–Kier alpha value is -2.98. The van der Waals surface area contributed by atoms with Gasteiger partial charge in [-0.25, -0.2) is 8.42 Å². The van der Waals surface area contributed by atoms with Crippen LogP contribution in [0.1, 0.15) is 23.7 Å². The molecule has 2 amide bonds. The Morgan fingerprint density at radius 2 is 1.77 bits per heavy atom. The number of carbonyl (C=O) groups excluding carboxylic acids is 2. The standard InChI is InChI=1S/C19H22ClN3O6S/c1-3-8-30(26,27)23-14-6-4-13(5-7-14)22-19(25)12-9-15(20)18(16(10-12)28-2)29-11-17(21)24/h4-7,9-10,23H,3,8,11H2,1-2H3,(H2,21,24)(H,22,25). The number of hydrogen-bond donors (Lipinski definition) is 3. The zero-order chi connectivity index (χ0) is 22.3. The topological polar surface area (TPSA) is 137 Å². The smallest absolute Gasteiger partial charge is 0.255 e. The number of benzene rings is 2. The molecule has 0 atom stereocenters. The van der Waals surface area contributed by atoms with E-state index < -0.39 is 28.4 Å². The largest absolute Gasteiger partial charge is 0.493 e. The molecule has 11 heteroatoms. The molecule has 2 aromatic carbocycles. The van der Waals surface area contributed by atoms with E-state index in [1.165, 1.54) is 31.4 Å². The van der Waals surface area contributed by atoms with E-state index >= 15 is 0 Å². The zero-order valence-electron chi connectivity index (χ0n) is 16.4. The number of anilines is 2. The summed E-state index contributed by atoms with van der Waals surface area (Å²) < 4.78 is 36.5. The van der Waals surface area contributed by atoms with Gasteiger partial charge in [0.15, 0.2) is 18.1 Å². The summed E-state index contributed by atoms with van der Waals surface area (Å²) in [6.07, 6.45) is 0.502. The van der Waals surface area contributed by atoms with Crippen molar-refractivity contribution in [3.05, 3.63) is 47.0 Å². The fourth-order valence-electron chi connectivity index (χ4n) is 2.46. The van der Waals surface area contributed by atoms with Gasteiger partial charge in [0.25, 0.3) is 11.8 Å². The van der Waals surface area contributed by atoms with Crippen molar-refractivity contribution in [2.75, 3.05) is 29.5 Å². The maximum absolute atomic E-state index is 12.6. The lowest BCUT2D eigenvalue weighted by molar-refractivity contribution is -0.119. The van der Waals surface area contributed by atoms with Crippen LogP contribution >= 0.6 is 11.6 Å². The number of sulfonamides is 1. The van der Waals surface area contributed by atoms with Crippen LogP contribution in [0.5, 0.6) is 11.5 Å². The van der Waals surface area contributed by atoms with E-state index in [0.29, 0.717) is 17.8 Å². The molecule has 0 radical (unpaired) electrons. The van der Waals surface area contributed by atoms with E-state index in [0.717, 1.165) is 0 Å². The van der Waals surface area contributed by atoms with Gasteiger partial charge in [-0.1, -0.05) is 18.5 Å². The molecule has 0 heterocycles. The fourth-order valence-corrected chi connectivity index (χ4v) is 3.86. The summed E-state index contributed by atoms with van der Waals surface area (Å²) in [5.74, 6) is -0.883. The maximum atomic E-state index is 12.6. The molecule has 0 aliphatic rings. The first-order valence-corrected chi connectivity index (χ1v) is 10.9. The van der Waals surface area contributed by atoms with Crippen LogP contribution < -0.4 is 25.2 Å². The van der Waals surface area contributed by atoms with Gasteiger partial charge in [0, 0.05) is 16.9 Å². The van der Waals surface area contributed by atoms with Crippen LogP contribution in [0.2, 0.25) is 5.02 Å². The number of nitrogens with two attached hydrogens (primary N) is 1. The van der Waals surface area contributed by atoms with Crippen molar-refractivity contribution in [3.8, 4) is 11.5 Å². The second kappa shape index (κ2) is 10.2. The molecule has 0 aliphatic carbocycles. The maximum Gasteiger partial charge on any atom is 0.255 e. The van der Waals surface area contributed by atoms with Crippen molar-refractivity contribution in [2.45, 2.75) is 13.3 Å². The predicted octanol–water partition coefficient (Wildman–Crippen LogP) is 2.62. The Labute approximate surface area is 179 Å². The fraction of sp³-hybridized carbons (Fsp3) is 0.263. The van der Waals surface area contributed by atoms with E-state index in [1.807, 2.05) is 0 Å². The molecule has 0 bridgehead atoms. The SMILES string of the molecule is CCCS(=O)(=O)Nc1ccc(NC(=O)c2cc(Cl)c(OCC(N)=O)c(OC)c2)cc1. The highest BCUT2D eigenvalue weighted by Crippen LogP contribution is 2.36. The first kappa shape index (κ1) is 23.3. The van der Waals surface area contributed by atoms with E-state index in [-0.39, 0.29) is 27.8 Å². The molecular weight excluding hydrogens is 434 g/mol. The summed E-state index contributed by atoms with van der Waals surface area (Å²) in [5.41, 5.74) is 6.08. The second-order valence-corrected chi connectivity index (χ2v) is 8.45.